The first-order valence-corrected chi connectivity index (χ1v) is 14.5. The predicted molar refractivity (Wildman–Crippen MR) is 126 cm³/mol. The Morgan fingerprint density at radius 2 is 1.58 bits per heavy atom. The van der Waals surface area contributed by atoms with E-state index < -0.39 is 35.8 Å². The molecule has 33 heavy (non-hydrogen) atoms. The van der Waals surface area contributed by atoms with E-state index in [0.717, 1.165) is 18.0 Å². The van der Waals surface area contributed by atoms with Crippen molar-refractivity contribution in [2.45, 2.75) is 76.1 Å². The van der Waals surface area contributed by atoms with Gasteiger partial charge in [0.25, 0.3) is 0 Å². The number of nitrogens with one attached hydrogen (secondary N) is 1. The highest BCUT2D eigenvalue weighted by molar-refractivity contribution is 7.90. The molecule has 0 bridgehead atoms. The Kier molecular flexibility index (Phi) is 8.13. The van der Waals surface area contributed by atoms with Crippen molar-refractivity contribution < 1.29 is 31.1 Å². The molecule has 0 aliphatic carbocycles. The van der Waals surface area contributed by atoms with Crippen LogP contribution in [0.1, 0.15) is 47.1 Å². The van der Waals surface area contributed by atoms with Crippen LogP contribution in [0.25, 0.3) is 10.9 Å². The number of alkyl halides is 3. The molecule has 1 unspecified atom stereocenters. The van der Waals surface area contributed by atoms with Gasteiger partial charge in [-0.3, -0.25) is 4.79 Å². The van der Waals surface area contributed by atoms with E-state index in [-0.39, 0.29) is 6.42 Å². The summed E-state index contributed by atoms with van der Waals surface area (Å²) >= 11 is 0. The Balaban J connectivity index is 2.70. The van der Waals surface area contributed by atoms with E-state index in [1.54, 1.807) is 0 Å². The van der Waals surface area contributed by atoms with Gasteiger partial charge < -0.3 is 8.97 Å². The number of para-hydroxylation sites is 1. The fraction of sp³-hybridized carbons (Fsp3) is 0.591. The van der Waals surface area contributed by atoms with Crippen LogP contribution in [-0.4, -0.2) is 45.5 Å². The van der Waals surface area contributed by atoms with Gasteiger partial charge in [-0.1, -0.05) is 59.7 Å². The fourth-order valence-electron chi connectivity index (χ4n) is 5.36. The third-order valence-electron chi connectivity index (χ3n) is 6.50. The van der Waals surface area contributed by atoms with Crippen molar-refractivity contribution in [3.05, 3.63) is 36.0 Å². The Morgan fingerprint density at radius 3 is 2.03 bits per heavy atom. The molecule has 11 heteroatoms. The number of fused-ring (bicyclic) bond motifs is 1. The molecule has 2 aromatic rings. The van der Waals surface area contributed by atoms with Crippen LogP contribution in [0.5, 0.6) is 0 Å². The van der Waals surface area contributed by atoms with Crippen LogP contribution in [0.3, 0.4) is 0 Å². The summed E-state index contributed by atoms with van der Waals surface area (Å²) in [5.74, 6) is -1.08. The number of nitrogens with zero attached hydrogens (tertiary/aromatic N) is 1. The van der Waals surface area contributed by atoms with Crippen molar-refractivity contribution >= 4 is 35.1 Å². The molecule has 0 saturated heterocycles. The van der Waals surface area contributed by atoms with Crippen molar-refractivity contribution in [2.75, 3.05) is 7.11 Å². The lowest BCUT2D eigenvalue weighted by Crippen LogP contribution is -2.51. The van der Waals surface area contributed by atoms with E-state index in [1.165, 1.54) is 4.72 Å². The minimum atomic E-state index is -5.74. The molecule has 0 radical (unpaired) electrons. The van der Waals surface area contributed by atoms with E-state index in [9.17, 15) is 26.4 Å². The average molecular weight is 507 g/mol. The molecule has 186 valence electrons. The summed E-state index contributed by atoms with van der Waals surface area (Å²) in [6, 6.07) is 5.79. The fourth-order valence-corrected chi connectivity index (χ4v) is 12.7. The molecule has 1 heterocycles. The van der Waals surface area contributed by atoms with Gasteiger partial charge in [0.1, 0.15) is 6.04 Å². The number of rotatable bonds is 9. The molecule has 0 aliphatic rings. The Morgan fingerprint density at radius 1 is 1.06 bits per heavy atom. The van der Waals surface area contributed by atoms with Gasteiger partial charge in [0.05, 0.1) is 7.11 Å². The Labute approximate surface area is 194 Å². The zero-order valence-corrected chi connectivity index (χ0v) is 21.8. The number of carbonyl (C=O) groups excluding carboxylic acids is 1. The average Bonchev–Trinajstić information content (AvgIpc) is 3.04. The zero-order valence-electron chi connectivity index (χ0n) is 20.0. The lowest BCUT2D eigenvalue weighted by Gasteiger charge is -2.44. The summed E-state index contributed by atoms with van der Waals surface area (Å²) in [6.07, 6.45) is 1.63. The molecule has 0 amide bonds. The van der Waals surface area contributed by atoms with Crippen molar-refractivity contribution in [3.8, 4) is 0 Å². The predicted octanol–water partition coefficient (Wildman–Crippen LogP) is 5.19. The van der Waals surface area contributed by atoms with Crippen molar-refractivity contribution in [1.29, 1.82) is 0 Å². The van der Waals surface area contributed by atoms with E-state index in [2.05, 4.69) is 50.5 Å². The van der Waals surface area contributed by atoms with E-state index in [0.29, 0.717) is 22.2 Å². The molecule has 1 atom stereocenters. The minimum Gasteiger partial charge on any atom is -0.468 e. The number of benzene rings is 1. The van der Waals surface area contributed by atoms with Crippen molar-refractivity contribution in [3.63, 3.8) is 0 Å². The summed E-state index contributed by atoms with van der Waals surface area (Å²) in [5, 5.41) is 0.774. The standard InChI is InChI=1S/C22H33F3N2O4SSi/c1-14(2)33(15(3)4,16(5)6)27-13-17(18-10-8-9-11-20(18)27)12-19(21(28)31-7)26-32(29,30)22(23,24)25/h8-11,13-16,19,26H,12H2,1-7H3. The molecule has 0 aliphatic heterocycles. The molecule has 1 aromatic heterocycles. The maximum atomic E-state index is 13.0. The zero-order chi connectivity index (χ0) is 25.4. The van der Waals surface area contributed by atoms with Crippen LogP contribution in [0.15, 0.2) is 30.5 Å². The van der Waals surface area contributed by atoms with Crippen LogP contribution in [0.4, 0.5) is 13.2 Å². The third-order valence-corrected chi connectivity index (χ3v) is 14.5. The molecule has 0 spiro atoms. The largest absolute Gasteiger partial charge is 0.511 e. The number of halogens is 3. The first-order chi connectivity index (χ1) is 15.1. The van der Waals surface area contributed by atoms with Crippen LogP contribution in [0, 0.1) is 0 Å². The first kappa shape index (κ1) is 27.4. The maximum Gasteiger partial charge on any atom is 0.511 e. The molecule has 0 fully saturated rings. The van der Waals surface area contributed by atoms with Gasteiger partial charge >= 0.3 is 21.5 Å². The van der Waals surface area contributed by atoms with E-state index in [4.69, 9.17) is 0 Å². The van der Waals surface area contributed by atoms with Gasteiger partial charge in [-0.25, -0.2) is 8.42 Å². The number of hydrogen-bond donors (Lipinski definition) is 1. The molecule has 2 rings (SSSR count). The molecule has 1 N–H and O–H groups in total. The summed E-state index contributed by atoms with van der Waals surface area (Å²) in [7, 11) is -6.96. The monoisotopic (exact) mass is 506 g/mol. The number of methoxy groups -OCH3 is 1. The quantitative estimate of drug-likeness (QED) is 0.375. The summed E-state index contributed by atoms with van der Waals surface area (Å²) in [6.45, 7) is 13.1. The van der Waals surface area contributed by atoms with Crippen molar-refractivity contribution in [2.24, 2.45) is 0 Å². The van der Waals surface area contributed by atoms with Crippen LogP contribution >= 0.6 is 0 Å². The normalized spacial score (nSPS) is 14.5. The number of esters is 1. The highest BCUT2D eigenvalue weighted by Gasteiger charge is 2.49. The number of ether oxygens (including phenoxy) is 1. The second-order valence-corrected chi connectivity index (χ2v) is 16.7. The van der Waals surface area contributed by atoms with E-state index in [1.807, 2.05) is 30.5 Å². The smallest absolute Gasteiger partial charge is 0.468 e. The summed E-state index contributed by atoms with van der Waals surface area (Å²) in [5.41, 5.74) is -2.98. The van der Waals surface area contributed by atoms with Crippen LogP contribution in [0.2, 0.25) is 16.6 Å². The second kappa shape index (κ2) is 9.79. The van der Waals surface area contributed by atoms with Gasteiger partial charge in [-0.2, -0.15) is 17.9 Å². The van der Waals surface area contributed by atoms with Crippen molar-refractivity contribution in [1.82, 2.24) is 8.95 Å². The lowest BCUT2D eigenvalue weighted by molar-refractivity contribution is -0.142. The molecular weight excluding hydrogens is 473 g/mol. The Bertz CT molecular complexity index is 1070. The molecule has 1 aromatic carbocycles. The summed E-state index contributed by atoms with van der Waals surface area (Å²) in [4.78, 5) is 12.3. The van der Waals surface area contributed by atoms with Crippen LogP contribution in [-0.2, 0) is 26.0 Å². The Hall–Kier alpha value is -1.85. The van der Waals surface area contributed by atoms with Gasteiger partial charge in [-0.05, 0) is 34.5 Å². The highest BCUT2D eigenvalue weighted by Crippen LogP contribution is 2.45. The van der Waals surface area contributed by atoms with Gasteiger partial charge in [0.15, 0.2) is 8.24 Å². The van der Waals surface area contributed by atoms with Gasteiger partial charge in [0, 0.05) is 17.3 Å². The highest BCUT2D eigenvalue weighted by atomic mass is 32.2. The topological polar surface area (TPSA) is 77.4 Å². The number of hydrogen-bond acceptors (Lipinski definition) is 4. The van der Waals surface area contributed by atoms with Gasteiger partial charge in [-0.15, -0.1) is 0 Å². The number of aromatic nitrogens is 1. The maximum absolute atomic E-state index is 13.0. The SMILES string of the molecule is COC(=O)C(Cc1cn([Si](C(C)C)(C(C)C)C(C)C)c2ccccc12)NS(=O)(=O)C(F)(F)F. The van der Waals surface area contributed by atoms with Crippen LogP contribution < -0.4 is 4.72 Å². The second-order valence-electron chi connectivity index (χ2n) is 9.24. The molecule has 0 saturated carbocycles. The first-order valence-electron chi connectivity index (χ1n) is 10.9. The molecular formula is C22H33F3N2O4SSi. The summed E-state index contributed by atoms with van der Waals surface area (Å²) < 4.78 is 70.8. The lowest BCUT2D eigenvalue weighted by atomic mass is 10.1. The number of carbonyl (C=O) groups is 1. The molecule has 6 nitrogen and oxygen atoms in total. The van der Waals surface area contributed by atoms with Gasteiger partial charge in [0.2, 0.25) is 0 Å². The third kappa shape index (κ3) is 5.00. The minimum absolute atomic E-state index is 0.270. The number of sulfonamides is 1. The van der Waals surface area contributed by atoms with E-state index >= 15 is 0 Å².